The van der Waals surface area contributed by atoms with Crippen molar-refractivity contribution >= 4 is 18.0 Å². The Morgan fingerprint density at radius 1 is 0.674 bits per heavy atom. The van der Waals surface area contributed by atoms with Crippen LogP contribution in [0.5, 0.6) is 0 Å². The van der Waals surface area contributed by atoms with Crippen LogP contribution < -0.4 is 10.6 Å². The van der Waals surface area contributed by atoms with Gasteiger partial charge in [-0.05, 0) is 186 Å². The lowest BCUT2D eigenvalue weighted by atomic mass is 9.33. The summed E-state index contributed by atoms with van der Waals surface area (Å²) >= 11 is 0. The predicted octanol–water partition coefficient (Wildman–Crippen LogP) is 15.4. The Balaban J connectivity index is 0.878. The van der Waals surface area contributed by atoms with Crippen molar-refractivity contribution in [3.8, 4) is 0 Å². The van der Waals surface area contributed by atoms with Crippen LogP contribution in [0.3, 0.4) is 0 Å². The van der Waals surface area contributed by atoms with E-state index in [1.165, 1.54) is 31.3 Å². The Labute approximate surface area is 569 Å². The van der Waals surface area contributed by atoms with Gasteiger partial charge in [0.25, 0.3) is 0 Å². The maximum atomic E-state index is 16.4. The van der Waals surface area contributed by atoms with Gasteiger partial charge in [0.05, 0.1) is 50.1 Å². The van der Waals surface area contributed by atoms with Crippen molar-refractivity contribution in [3.63, 3.8) is 0 Å². The fourth-order valence-electron chi connectivity index (χ4n) is 19.7. The van der Waals surface area contributed by atoms with Gasteiger partial charge in [0, 0.05) is 24.8 Å². The molecule has 16 nitrogen and oxygen atoms in total. The van der Waals surface area contributed by atoms with Crippen molar-refractivity contribution in [1.82, 2.24) is 10.6 Å². The molecule has 8 fully saturated rings. The maximum absolute atomic E-state index is 16.4. The smallest absolute Gasteiger partial charge is 0.407 e. The third-order valence-electron chi connectivity index (χ3n) is 26.1. The van der Waals surface area contributed by atoms with Crippen LogP contribution in [-0.2, 0) is 74.9 Å². The van der Waals surface area contributed by atoms with Crippen LogP contribution in [-0.4, -0.2) is 117 Å². The highest BCUT2D eigenvalue weighted by molar-refractivity contribution is 5.79. The van der Waals surface area contributed by atoms with Gasteiger partial charge in [-0.2, -0.15) is 0 Å². The number of nitrogens with one attached hydrogen (secondary N) is 2. The van der Waals surface area contributed by atoms with Gasteiger partial charge in [0.2, 0.25) is 12.2 Å². The molecule has 9 aliphatic rings. The summed E-state index contributed by atoms with van der Waals surface area (Å²) in [6, 6.07) is 19.5. The van der Waals surface area contributed by atoms with Gasteiger partial charge < -0.3 is 62.7 Å². The molecule has 11 rings (SSSR count). The van der Waals surface area contributed by atoms with Crippen molar-refractivity contribution in [2.24, 2.45) is 73.9 Å². The summed E-state index contributed by atoms with van der Waals surface area (Å²) in [5.41, 5.74) is 2.68. The van der Waals surface area contributed by atoms with E-state index < -0.39 is 90.4 Å². The summed E-state index contributed by atoms with van der Waals surface area (Å²) in [5, 5.41) is 6.23. The van der Waals surface area contributed by atoms with E-state index in [0.717, 1.165) is 43.2 Å². The molecule has 0 spiro atoms. The second kappa shape index (κ2) is 28.2. The van der Waals surface area contributed by atoms with Crippen molar-refractivity contribution in [3.05, 3.63) is 83.4 Å². The number of carbonyl (C=O) groups excluding carboxylic acids is 3. The Morgan fingerprint density at radius 3 is 2.05 bits per heavy atom. The quantitative estimate of drug-likeness (QED) is 0.0727. The average Bonchev–Trinajstić information content (AvgIpc) is 1.05. The molecule has 2 N–H and O–H groups in total. The number of allylic oxidation sites excluding steroid dienone is 2. The predicted molar refractivity (Wildman–Crippen MR) is 364 cm³/mol. The Morgan fingerprint density at radius 2 is 1.35 bits per heavy atom. The maximum Gasteiger partial charge on any atom is 0.407 e. The summed E-state index contributed by atoms with van der Waals surface area (Å²) in [5.74, 6) is -0.00205. The zero-order valence-corrected chi connectivity index (χ0v) is 60.9. The number of unbranched alkanes of at least 4 members (excludes halogenated alkanes) is 2. The molecule has 4 heterocycles. The fourth-order valence-corrected chi connectivity index (χ4v) is 19.7. The molecule has 4 saturated carbocycles. The molecule has 0 radical (unpaired) electrons. The van der Waals surface area contributed by atoms with E-state index in [4.69, 9.17) is 52.1 Å². The van der Waals surface area contributed by atoms with E-state index in [9.17, 15) is 9.59 Å². The van der Waals surface area contributed by atoms with Gasteiger partial charge in [0.1, 0.15) is 36.1 Å². The third-order valence-corrected chi connectivity index (χ3v) is 26.1. The molecular weight excluding hydrogens is 1200 g/mol. The summed E-state index contributed by atoms with van der Waals surface area (Å²) < 4.78 is 74.6. The number of ether oxygens (including phenoxy) is 11. The molecule has 22 atom stereocenters. The Hall–Kier alpha value is -3.97. The first-order valence-corrected chi connectivity index (χ1v) is 36.8. The van der Waals surface area contributed by atoms with Crippen LogP contribution in [0.4, 0.5) is 4.79 Å². The number of hydrogen-bond acceptors (Lipinski definition) is 14. The monoisotopic (exact) mass is 1320 g/mol. The highest BCUT2D eigenvalue weighted by atomic mass is 16.8. The fraction of sp³-hybridized carbons (Fsp3) is 0.785. The summed E-state index contributed by atoms with van der Waals surface area (Å²) in [7, 11) is 0. The molecule has 4 aliphatic heterocycles. The first-order chi connectivity index (χ1) is 44.8. The minimum atomic E-state index is -1.24. The van der Waals surface area contributed by atoms with Crippen LogP contribution in [0.15, 0.2) is 72.3 Å². The second-order valence-electron chi connectivity index (χ2n) is 34.5. The van der Waals surface area contributed by atoms with Gasteiger partial charge in [-0.25, -0.2) is 4.79 Å². The third kappa shape index (κ3) is 14.8. The molecule has 2 aromatic rings. The van der Waals surface area contributed by atoms with Gasteiger partial charge >= 0.3 is 12.1 Å². The standard InChI is InChI=1S/C79H120N2O14/c1-48-34-36-76(15)59(74(48,11)12)35-37-78(17)60(76)33-32-55-56-43-73(9,10)38-40-79(56,41-39-77(55,78)16)70(83)92-68-63(51(4)62(58(89-68)46-85-44-53-27-21-18-22-28-53)81-61(82)31-25-20-26-42-80-71(84)95-72(6,7)8)90-69-66-65(93-75(13,14)94-66)64(52(5)88-69)91-67-50(3)49(2)57(47-87-67)86-45-54-29-23-19-24-30-54/h18-19,21-24,27-30,32,48-52,56-60,62-69H,20,25-26,31,33-47H2,1-17H3,(H,80,84)(H,81,82)/t48-,49?,50?,51?,52+,56?,57?,58-,59-,60?,62?,63?,64?,65?,66?,67-,68-,69-,76?,77+,78-,79-/m0/s1. The molecule has 95 heavy (non-hydrogen) atoms. The minimum Gasteiger partial charge on any atom is -0.444 e. The molecule has 5 aliphatic carbocycles. The molecule has 12 unspecified atom stereocenters. The molecular formula is C79H120N2O14. The molecule has 530 valence electrons. The second-order valence-corrected chi connectivity index (χ2v) is 34.5. The lowest BCUT2D eigenvalue weighted by molar-refractivity contribution is -0.352. The van der Waals surface area contributed by atoms with E-state index in [0.29, 0.717) is 69.8 Å². The topological polar surface area (TPSA) is 177 Å². The molecule has 0 bridgehead atoms. The minimum absolute atomic E-state index is 0.00652. The van der Waals surface area contributed by atoms with E-state index in [1.807, 2.05) is 97.0 Å². The van der Waals surface area contributed by atoms with E-state index in [1.54, 1.807) is 0 Å². The van der Waals surface area contributed by atoms with Crippen molar-refractivity contribution in [1.29, 1.82) is 0 Å². The van der Waals surface area contributed by atoms with Gasteiger partial charge in [0.15, 0.2) is 18.4 Å². The molecule has 0 aromatic heterocycles. The number of carbonyl (C=O) groups is 3. The summed E-state index contributed by atoms with van der Waals surface area (Å²) in [4.78, 5) is 43.2. The number of rotatable bonds is 20. The highest BCUT2D eigenvalue weighted by Gasteiger charge is 2.70. The van der Waals surface area contributed by atoms with Crippen LogP contribution in [0.1, 0.15) is 219 Å². The summed E-state index contributed by atoms with van der Waals surface area (Å²) in [6.45, 7) is 39.6. The normalized spacial score (nSPS) is 40.9. The SMILES string of the molecule is CC1C(OCc2ccccc2)CO[C@@H](OC2C3OC(C)(C)OC3[C@H](OC3C(C)C(NC(=O)CCCCCNC(=O)OC(C)(C)C)[C@H](COCc4ccccc4)O[C@H]3OC(=O)[C@]34CCC(C)(C)CC3C3=CCC5C6(C)CC[C@H](C)C(C)(C)[C@@H]6CC[C@]5(C)[C@]3(C)CC4)O[C@@H]2C)C1C. The van der Waals surface area contributed by atoms with Crippen molar-refractivity contribution in [2.75, 3.05) is 19.8 Å². The highest BCUT2D eigenvalue weighted by Crippen LogP contribution is 2.76. The zero-order chi connectivity index (χ0) is 68.3. The van der Waals surface area contributed by atoms with Gasteiger partial charge in [-0.3, -0.25) is 9.59 Å². The Kier molecular flexibility index (Phi) is 21.5. The first kappa shape index (κ1) is 72.3. The van der Waals surface area contributed by atoms with E-state index >= 15 is 4.79 Å². The van der Waals surface area contributed by atoms with Crippen molar-refractivity contribution < 1.29 is 66.5 Å². The number of esters is 1. The van der Waals surface area contributed by atoms with Crippen molar-refractivity contribution in [2.45, 2.75) is 300 Å². The molecule has 2 aromatic carbocycles. The van der Waals surface area contributed by atoms with E-state index in [-0.39, 0.29) is 75.8 Å². The van der Waals surface area contributed by atoms with E-state index in [2.05, 4.69) is 98.1 Å². The molecule has 16 heteroatoms. The lowest BCUT2D eigenvalue weighted by Gasteiger charge is -2.71. The number of alkyl carbamates (subject to hydrolysis) is 1. The first-order valence-electron chi connectivity index (χ1n) is 36.8. The lowest BCUT2D eigenvalue weighted by Crippen LogP contribution is -2.66. The van der Waals surface area contributed by atoms with Crippen LogP contribution >= 0.6 is 0 Å². The Bertz CT molecular complexity index is 2990. The number of benzene rings is 2. The number of hydrogen-bond donors (Lipinski definition) is 2. The number of amides is 2. The number of fused-ring (bicyclic) bond motifs is 8. The summed E-state index contributed by atoms with van der Waals surface area (Å²) in [6.07, 6.45) is 7.18. The molecule has 4 saturated heterocycles. The van der Waals surface area contributed by atoms with Crippen LogP contribution in [0.25, 0.3) is 0 Å². The largest absolute Gasteiger partial charge is 0.444 e. The zero-order valence-electron chi connectivity index (χ0n) is 60.9. The van der Waals surface area contributed by atoms with Gasteiger partial charge in [-0.15, -0.1) is 0 Å². The van der Waals surface area contributed by atoms with Crippen LogP contribution in [0, 0.1) is 73.9 Å². The van der Waals surface area contributed by atoms with Crippen LogP contribution in [0.2, 0.25) is 0 Å². The van der Waals surface area contributed by atoms with Gasteiger partial charge in [-0.1, -0.05) is 155 Å². The molecule has 2 amide bonds. The average molecular weight is 1320 g/mol.